The van der Waals surface area contributed by atoms with Gasteiger partial charge in [0.05, 0.1) is 4.90 Å². The smallest absolute Gasteiger partial charge is 0.200 e. The molecule has 0 heterocycles. The number of benzene rings is 2. The number of ketones is 1. The number of ether oxygens (including phenoxy) is 1. The summed E-state index contributed by atoms with van der Waals surface area (Å²) in [6, 6.07) is 9.76. The Bertz CT molecular complexity index is 801. The maximum atomic E-state index is 13.6. The lowest BCUT2D eigenvalue weighted by Crippen LogP contribution is -2.12. The maximum absolute atomic E-state index is 13.6. The minimum absolute atomic E-state index is 0.0238. The monoisotopic (exact) mass is 386 g/mol. The van der Waals surface area contributed by atoms with Crippen LogP contribution in [0.2, 0.25) is 0 Å². The molecule has 2 aromatic rings. The van der Waals surface area contributed by atoms with Crippen molar-refractivity contribution in [2.24, 2.45) is 0 Å². The van der Waals surface area contributed by atoms with Crippen molar-refractivity contribution in [1.29, 1.82) is 0 Å². The van der Waals surface area contributed by atoms with Gasteiger partial charge in [0.2, 0.25) is 0 Å². The van der Waals surface area contributed by atoms with Crippen LogP contribution in [0.3, 0.4) is 0 Å². The molecule has 2 aromatic carbocycles. The molecule has 0 N–H and O–H groups in total. The summed E-state index contributed by atoms with van der Waals surface area (Å²) in [5, 5.41) is 0. The van der Waals surface area contributed by atoms with Crippen molar-refractivity contribution < 1.29 is 22.3 Å². The van der Waals surface area contributed by atoms with E-state index in [2.05, 4.69) is 15.9 Å². The Morgan fingerprint density at radius 3 is 2.36 bits per heavy atom. The molecule has 116 valence electrons. The summed E-state index contributed by atoms with van der Waals surface area (Å²) in [6.07, 6.45) is 1.09. The lowest BCUT2D eigenvalue weighted by Gasteiger charge is -2.07. The number of hydrogen-bond acceptors (Lipinski definition) is 4. The number of hydrogen-bond donors (Lipinski definition) is 0. The maximum Gasteiger partial charge on any atom is 0.200 e. The summed E-state index contributed by atoms with van der Waals surface area (Å²) in [7, 11) is -3.31. The van der Waals surface area contributed by atoms with Gasteiger partial charge in [0, 0.05) is 16.3 Å². The molecule has 4 nitrogen and oxygen atoms in total. The van der Waals surface area contributed by atoms with E-state index in [0.29, 0.717) is 10.0 Å². The molecular weight excluding hydrogens is 375 g/mol. The third-order valence-electron chi connectivity index (χ3n) is 2.86. The van der Waals surface area contributed by atoms with Crippen LogP contribution < -0.4 is 4.74 Å². The fourth-order valence-electron chi connectivity index (χ4n) is 1.71. The van der Waals surface area contributed by atoms with Gasteiger partial charge in [-0.1, -0.05) is 15.9 Å². The third-order valence-corrected chi connectivity index (χ3v) is 4.48. The Hall–Kier alpha value is -1.73. The second-order valence-electron chi connectivity index (χ2n) is 4.58. The normalized spacial score (nSPS) is 11.2. The van der Waals surface area contributed by atoms with Crippen molar-refractivity contribution in [1.82, 2.24) is 0 Å². The Labute approximate surface area is 136 Å². The van der Waals surface area contributed by atoms with E-state index in [1.54, 1.807) is 6.07 Å². The molecule has 0 aromatic heterocycles. The zero-order valence-electron chi connectivity index (χ0n) is 11.5. The van der Waals surface area contributed by atoms with Crippen LogP contribution in [0, 0.1) is 5.82 Å². The van der Waals surface area contributed by atoms with E-state index in [9.17, 15) is 17.6 Å². The van der Waals surface area contributed by atoms with Gasteiger partial charge in [-0.3, -0.25) is 4.79 Å². The van der Waals surface area contributed by atoms with Crippen LogP contribution in [0.25, 0.3) is 0 Å². The highest BCUT2D eigenvalue weighted by Gasteiger charge is 2.12. The van der Waals surface area contributed by atoms with Gasteiger partial charge in [-0.2, -0.15) is 0 Å². The molecule has 0 spiro atoms. The van der Waals surface area contributed by atoms with Gasteiger partial charge >= 0.3 is 0 Å². The van der Waals surface area contributed by atoms with Crippen molar-refractivity contribution in [3.05, 3.63) is 58.3 Å². The molecule has 2 rings (SSSR count). The zero-order chi connectivity index (χ0) is 16.3. The second kappa shape index (κ2) is 6.58. The topological polar surface area (TPSA) is 60.4 Å². The van der Waals surface area contributed by atoms with Crippen LogP contribution in [0.5, 0.6) is 5.75 Å². The van der Waals surface area contributed by atoms with Crippen molar-refractivity contribution in [3.8, 4) is 5.75 Å². The number of halogens is 2. The highest BCUT2D eigenvalue weighted by molar-refractivity contribution is 9.10. The molecule has 7 heteroatoms. The fourth-order valence-corrected chi connectivity index (χ4v) is 2.67. The molecule has 0 fully saturated rings. The van der Waals surface area contributed by atoms with Crippen molar-refractivity contribution in [2.45, 2.75) is 4.90 Å². The van der Waals surface area contributed by atoms with Gasteiger partial charge in [-0.15, -0.1) is 0 Å². The van der Waals surface area contributed by atoms with Crippen LogP contribution in [0.1, 0.15) is 10.4 Å². The van der Waals surface area contributed by atoms with Crippen molar-refractivity contribution in [3.63, 3.8) is 0 Å². The first-order valence-corrected chi connectivity index (χ1v) is 8.87. The van der Waals surface area contributed by atoms with E-state index in [4.69, 9.17) is 4.74 Å². The van der Waals surface area contributed by atoms with Gasteiger partial charge in [0.1, 0.15) is 0 Å². The predicted octanol–water partition coefficient (Wildman–Crippen LogP) is 3.25. The summed E-state index contributed by atoms with van der Waals surface area (Å²) >= 11 is 3.12. The van der Waals surface area contributed by atoms with Gasteiger partial charge in [0.25, 0.3) is 0 Å². The van der Waals surface area contributed by atoms with E-state index < -0.39 is 15.7 Å². The largest absolute Gasteiger partial charge is 0.482 e. The van der Waals surface area contributed by atoms with Crippen molar-refractivity contribution in [2.75, 3.05) is 12.9 Å². The molecule has 0 atom stereocenters. The van der Waals surface area contributed by atoms with Gasteiger partial charge in [-0.25, -0.2) is 12.8 Å². The van der Waals surface area contributed by atoms with Crippen molar-refractivity contribution >= 4 is 31.6 Å². The molecule has 0 unspecified atom stereocenters. The number of carbonyl (C=O) groups is 1. The average molecular weight is 387 g/mol. The third kappa shape index (κ3) is 4.14. The van der Waals surface area contributed by atoms with Crippen LogP contribution >= 0.6 is 15.9 Å². The SMILES string of the molecule is CS(=O)(=O)c1ccc(C(=O)COc2ccc(Br)cc2F)cc1. The second-order valence-corrected chi connectivity index (χ2v) is 7.51. The van der Waals surface area contributed by atoms with E-state index in [-0.39, 0.29) is 23.0 Å². The van der Waals surface area contributed by atoms with Gasteiger partial charge < -0.3 is 4.74 Å². The predicted molar refractivity (Wildman–Crippen MR) is 83.5 cm³/mol. The van der Waals surface area contributed by atoms with Crippen LogP contribution in [-0.2, 0) is 9.84 Å². The summed E-state index contributed by atoms with van der Waals surface area (Å²) in [6.45, 7) is -0.337. The van der Waals surface area contributed by atoms with E-state index >= 15 is 0 Å². The van der Waals surface area contributed by atoms with Gasteiger partial charge in [0.15, 0.2) is 33.8 Å². The summed E-state index contributed by atoms with van der Waals surface area (Å²) in [5.41, 5.74) is 0.296. The highest BCUT2D eigenvalue weighted by atomic mass is 79.9. The van der Waals surface area contributed by atoms with Crippen LogP contribution in [0.4, 0.5) is 4.39 Å². The molecule has 0 aliphatic rings. The first-order valence-electron chi connectivity index (χ1n) is 6.18. The average Bonchev–Trinajstić information content (AvgIpc) is 2.45. The Kier molecular flexibility index (Phi) is 4.97. The molecule has 0 saturated heterocycles. The quantitative estimate of drug-likeness (QED) is 0.739. The van der Waals surface area contributed by atoms with Gasteiger partial charge in [-0.05, 0) is 42.5 Å². The van der Waals surface area contributed by atoms with E-state index in [0.717, 1.165) is 6.26 Å². The number of rotatable bonds is 5. The molecule has 0 aliphatic heterocycles. The Balaban J connectivity index is 2.06. The van der Waals surface area contributed by atoms with Crippen LogP contribution in [-0.4, -0.2) is 27.1 Å². The number of carbonyl (C=O) groups excluding carboxylic acids is 1. The first-order chi connectivity index (χ1) is 10.3. The van der Waals surface area contributed by atoms with E-state index in [1.165, 1.54) is 36.4 Å². The lowest BCUT2D eigenvalue weighted by molar-refractivity contribution is 0.0918. The standard InChI is InChI=1S/C15H12BrFO4S/c1-22(19,20)12-5-2-10(3-6-12)14(18)9-21-15-7-4-11(16)8-13(15)17/h2-8H,9H2,1H3. The Morgan fingerprint density at radius 1 is 1.18 bits per heavy atom. The summed E-state index contributed by atoms with van der Waals surface area (Å²) in [5.74, 6) is -0.971. The lowest BCUT2D eigenvalue weighted by atomic mass is 10.1. The molecule has 0 amide bonds. The molecule has 0 bridgehead atoms. The first kappa shape index (κ1) is 16.6. The number of sulfone groups is 1. The van der Waals surface area contributed by atoms with Crippen LogP contribution in [0.15, 0.2) is 51.8 Å². The Morgan fingerprint density at radius 2 is 1.82 bits per heavy atom. The highest BCUT2D eigenvalue weighted by Crippen LogP contribution is 2.21. The molecule has 0 saturated carbocycles. The molecule has 22 heavy (non-hydrogen) atoms. The minimum Gasteiger partial charge on any atom is -0.482 e. The number of Topliss-reactive ketones (excluding diaryl/α,β-unsaturated/α-hetero) is 1. The molecule has 0 radical (unpaired) electrons. The molecular formula is C15H12BrFO4S. The minimum atomic E-state index is -3.31. The molecule has 0 aliphatic carbocycles. The van der Waals surface area contributed by atoms with E-state index in [1.807, 2.05) is 0 Å². The summed E-state index contributed by atoms with van der Waals surface area (Å²) < 4.78 is 41.9. The summed E-state index contributed by atoms with van der Waals surface area (Å²) in [4.78, 5) is 12.1. The zero-order valence-corrected chi connectivity index (χ0v) is 13.9. The fraction of sp³-hybridized carbons (Fsp3) is 0.133.